The summed E-state index contributed by atoms with van der Waals surface area (Å²) in [7, 11) is 0. The van der Waals surface area contributed by atoms with Gasteiger partial charge in [-0.05, 0) is 42.4 Å². The van der Waals surface area contributed by atoms with Gasteiger partial charge in [0.2, 0.25) is 0 Å². The highest BCUT2D eigenvalue weighted by molar-refractivity contribution is 9.10. The third kappa shape index (κ3) is 5.42. The highest BCUT2D eigenvalue weighted by atomic mass is 79.9. The first kappa shape index (κ1) is 18.7. The molecule has 23 heavy (non-hydrogen) atoms. The molecule has 1 aromatic rings. The Morgan fingerprint density at radius 1 is 1.30 bits per heavy atom. The molecule has 0 aliphatic heterocycles. The molecule has 0 aromatic heterocycles. The summed E-state index contributed by atoms with van der Waals surface area (Å²) in [5, 5.41) is 3.69. The summed E-state index contributed by atoms with van der Waals surface area (Å²) in [6, 6.07) is 8.74. The Morgan fingerprint density at radius 2 is 1.96 bits per heavy atom. The highest BCUT2D eigenvalue weighted by Crippen LogP contribution is 2.35. The summed E-state index contributed by atoms with van der Waals surface area (Å²) >= 11 is 3.47. The van der Waals surface area contributed by atoms with Crippen LogP contribution in [0.5, 0.6) is 0 Å². The van der Waals surface area contributed by atoms with Crippen LogP contribution in [0.1, 0.15) is 64.9 Å². The quantitative estimate of drug-likeness (QED) is 0.724. The number of carbonyl (C=O) groups excluding carboxylic acids is 1. The van der Waals surface area contributed by atoms with Crippen molar-refractivity contribution in [2.45, 2.75) is 65.3 Å². The average Bonchev–Trinajstić information content (AvgIpc) is 2.48. The molecule has 1 aromatic carbocycles. The molecule has 0 spiro atoms. The molecule has 2 nitrogen and oxygen atoms in total. The minimum Gasteiger partial charge on any atom is -0.313 e. The van der Waals surface area contributed by atoms with Gasteiger partial charge in [0.1, 0.15) is 5.78 Å². The summed E-state index contributed by atoms with van der Waals surface area (Å²) in [6.45, 7) is 9.45. The minimum absolute atomic E-state index is 0.0480. The largest absolute Gasteiger partial charge is 0.313 e. The van der Waals surface area contributed by atoms with E-state index in [1.165, 1.54) is 25.7 Å². The summed E-state index contributed by atoms with van der Waals surface area (Å²) in [4.78, 5) is 12.7. The standard InChI is InChI=1S/C20H30BrNO/c1-14(2)19(23)18(15-7-9-16(21)10-8-15)13-22-17-6-5-11-20(3,4)12-17/h7-10,14,17-18,22H,5-6,11-13H2,1-4H3/t17?,18-/m1/s1. The van der Waals surface area contributed by atoms with E-state index in [0.29, 0.717) is 17.2 Å². The summed E-state index contributed by atoms with van der Waals surface area (Å²) < 4.78 is 1.05. The van der Waals surface area contributed by atoms with Gasteiger partial charge in [0.15, 0.2) is 0 Å². The van der Waals surface area contributed by atoms with Crippen LogP contribution in [0.3, 0.4) is 0 Å². The Kier molecular flexibility index (Phi) is 6.44. The molecule has 2 rings (SSSR count). The number of hydrogen-bond donors (Lipinski definition) is 1. The van der Waals surface area contributed by atoms with Crippen LogP contribution < -0.4 is 5.32 Å². The Balaban J connectivity index is 2.06. The molecule has 0 heterocycles. The second kappa shape index (κ2) is 7.94. The van der Waals surface area contributed by atoms with E-state index < -0.39 is 0 Å². The van der Waals surface area contributed by atoms with Gasteiger partial charge >= 0.3 is 0 Å². The van der Waals surface area contributed by atoms with Crippen LogP contribution in [0.4, 0.5) is 0 Å². The van der Waals surface area contributed by atoms with Crippen LogP contribution in [0, 0.1) is 11.3 Å². The van der Waals surface area contributed by atoms with E-state index in [1.54, 1.807) is 0 Å². The third-order valence-electron chi connectivity index (χ3n) is 5.00. The number of ketones is 1. The fourth-order valence-electron chi connectivity index (χ4n) is 3.64. The molecule has 1 aliphatic carbocycles. The number of carbonyl (C=O) groups is 1. The molecular weight excluding hydrogens is 350 g/mol. The zero-order valence-electron chi connectivity index (χ0n) is 14.9. The highest BCUT2D eigenvalue weighted by Gasteiger charge is 2.29. The average molecular weight is 380 g/mol. The molecule has 1 unspecified atom stereocenters. The zero-order valence-corrected chi connectivity index (χ0v) is 16.4. The number of hydrogen-bond acceptors (Lipinski definition) is 2. The lowest BCUT2D eigenvalue weighted by Crippen LogP contribution is -2.40. The predicted octanol–water partition coefficient (Wildman–Crippen LogP) is 5.32. The lowest BCUT2D eigenvalue weighted by Gasteiger charge is -2.36. The van der Waals surface area contributed by atoms with Crippen LogP contribution in [0.2, 0.25) is 0 Å². The van der Waals surface area contributed by atoms with E-state index in [2.05, 4.69) is 47.2 Å². The lowest BCUT2D eigenvalue weighted by molar-refractivity contribution is -0.123. The van der Waals surface area contributed by atoms with Crippen molar-refractivity contribution < 1.29 is 4.79 Å². The molecule has 0 saturated heterocycles. The van der Waals surface area contributed by atoms with Crippen LogP contribution in [0.15, 0.2) is 28.7 Å². The fourth-order valence-corrected chi connectivity index (χ4v) is 3.90. The monoisotopic (exact) mass is 379 g/mol. The molecule has 0 bridgehead atoms. The van der Waals surface area contributed by atoms with E-state index in [1.807, 2.05) is 26.0 Å². The Labute approximate surface area is 149 Å². The topological polar surface area (TPSA) is 29.1 Å². The third-order valence-corrected chi connectivity index (χ3v) is 5.53. The Morgan fingerprint density at radius 3 is 2.52 bits per heavy atom. The van der Waals surface area contributed by atoms with Gasteiger partial charge in [-0.1, -0.05) is 62.2 Å². The van der Waals surface area contributed by atoms with Crippen molar-refractivity contribution in [3.63, 3.8) is 0 Å². The van der Waals surface area contributed by atoms with Crippen molar-refractivity contribution in [2.24, 2.45) is 11.3 Å². The van der Waals surface area contributed by atoms with Gasteiger partial charge in [0, 0.05) is 23.0 Å². The van der Waals surface area contributed by atoms with Crippen LogP contribution in [-0.4, -0.2) is 18.4 Å². The molecule has 1 saturated carbocycles. The van der Waals surface area contributed by atoms with Crippen molar-refractivity contribution >= 4 is 21.7 Å². The van der Waals surface area contributed by atoms with Crippen molar-refractivity contribution in [1.29, 1.82) is 0 Å². The maximum Gasteiger partial charge on any atom is 0.144 e. The molecule has 3 heteroatoms. The molecule has 1 N–H and O–H groups in total. The molecule has 1 fully saturated rings. The van der Waals surface area contributed by atoms with Crippen molar-refractivity contribution in [1.82, 2.24) is 5.32 Å². The number of Topliss-reactive ketones (excluding diaryl/α,β-unsaturated/α-hetero) is 1. The van der Waals surface area contributed by atoms with Gasteiger partial charge in [-0.3, -0.25) is 4.79 Å². The molecule has 0 radical (unpaired) electrons. The van der Waals surface area contributed by atoms with Gasteiger partial charge < -0.3 is 5.32 Å². The number of benzene rings is 1. The second-order valence-electron chi connectivity index (χ2n) is 8.03. The number of halogens is 1. The smallest absolute Gasteiger partial charge is 0.144 e. The van der Waals surface area contributed by atoms with Crippen LogP contribution in [-0.2, 0) is 4.79 Å². The van der Waals surface area contributed by atoms with Gasteiger partial charge in [-0.2, -0.15) is 0 Å². The Bertz CT molecular complexity index is 521. The van der Waals surface area contributed by atoms with Gasteiger partial charge in [-0.15, -0.1) is 0 Å². The van der Waals surface area contributed by atoms with Crippen molar-refractivity contribution in [2.75, 3.05) is 6.54 Å². The van der Waals surface area contributed by atoms with E-state index in [-0.39, 0.29) is 11.8 Å². The van der Waals surface area contributed by atoms with E-state index in [4.69, 9.17) is 0 Å². The predicted molar refractivity (Wildman–Crippen MR) is 101 cm³/mol. The van der Waals surface area contributed by atoms with Gasteiger partial charge in [-0.25, -0.2) is 0 Å². The molecule has 1 aliphatic rings. The van der Waals surface area contributed by atoms with E-state index >= 15 is 0 Å². The first-order valence-electron chi connectivity index (χ1n) is 8.81. The molecule has 2 atom stereocenters. The number of rotatable bonds is 6. The molecule has 0 amide bonds. The van der Waals surface area contributed by atoms with E-state index in [0.717, 1.165) is 16.6 Å². The van der Waals surface area contributed by atoms with Crippen molar-refractivity contribution in [3.8, 4) is 0 Å². The maximum atomic E-state index is 12.7. The van der Waals surface area contributed by atoms with Crippen LogP contribution >= 0.6 is 15.9 Å². The zero-order chi connectivity index (χ0) is 17.0. The SMILES string of the molecule is CC(C)C(=O)[C@H](CNC1CCCC(C)(C)C1)c1ccc(Br)cc1. The Hall–Kier alpha value is -0.670. The van der Waals surface area contributed by atoms with Gasteiger partial charge in [0.25, 0.3) is 0 Å². The summed E-state index contributed by atoms with van der Waals surface area (Å²) in [5.41, 5.74) is 1.54. The molecule has 128 valence electrons. The van der Waals surface area contributed by atoms with Crippen LogP contribution in [0.25, 0.3) is 0 Å². The summed E-state index contributed by atoms with van der Waals surface area (Å²) in [6.07, 6.45) is 5.03. The van der Waals surface area contributed by atoms with Crippen molar-refractivity contribution in [3.05, 3.63) is 34.3 Å². The minimum atomic E-state index is -0.0480. The maximum absolute atomic E-state index is 12.7. The second-order valence-corrected chi connectivity index (χ2v) is 8.94. The molecular formula is C20H30BrNO. The summed E-state index contributed by atoms with van der Waals surface area (Å²) in [5.74, 6) is 0.344. The number of nitrogens with one attached hydrogen (secondary N) is 1. The van der Waals surface area contributed by atoms with E-state index in [9.17, 15) is 4.79 Å². The first-order valence-corrected chi connectivity index (χ1v) is 9.60. The first-order chi connectivity index (χ1) is 10.8. The fraction of sp³-hybridized carbons (Fsp3) is 0.650. The lowest BCUT2D eigenvalue weighted by atomic mass is 9.75. The van der Waals surface area contributed by atoms with Gasteiger partial charge in [0.05, 0.1) is 5.92 Å². The normalized spacial score (nSPS) is 22.1.